The van der Waals surface area contributed by atoms with E-state index in [2.05, 4.69) is 21.8 Å². The minimum absolute atomic E-state index is 0.0285. The SMILES string of the molecule is CC1(N)CC2CN(c3cnc(-c4cccc(Cl)c4Cl)c(N)n3)C[C@@H]2C1. The lowest BCUT2D eigenvalue weighted by Crippen LogP contribution is -2.35. The minimum atomic E-state index is -0.0285. The standard InChI is InChI=1S/C18H21Cl2N5/c1-18(22)5-10-8-25(9-11(10)6-18)14-7-23-16(17(21)24-14)12-3-2-4-13(19)15(12)20/h2-4,7,10-11H,5-6,8-9,22H2,1H3,(H2,21,24)/t10-,11?,18?/m0/s1. The maximum atomic E-state index is 6.30. The van der Waals surface area contributed by atoms with Crippen LogP contribution in [0, 0.1) is 11.8 Å². The maximum Gasteiger partial charge on any atom is 0.152 e. The van der Waals surface area contributed by atoms with Crippen LogP contribution < -0.4 is 16.4 Å². The summed E-state index contributed by atoms with van der Waals surface area (Å²) >= 11 is 12.4. The highest BCUT2D eigenvalue weighted by molar-refractivity contribution is 6.43. The molecule has 1 aliphatic heterocycles. The first-order chi connectivity index (χ1) is 11.8. The van der Waals surface area contributed by atoms with Gasteiger partial charge >= 0.3 is 0 Å². The number of fused-ring (bicyclic) bond motifs is 1. The zero-order valence-corrected chi connectivity index (χ0v) is 15.6. The van der Waals surface area contributed by atoms with E-state index in [0.717, 1.165) is 31.7 Å². The molecule has 3 atom stereocenters. The number of nitrogen functional groups attached to an aromatic ring is 1. The number of nitrogens with zero attached hydrogens (tertiary/aromatic N) is 3. The fourth-order valence-electron chi connectivity index (χ4n) is 4.31. The van der Waals surface area contributed by atoms with Gasteiger partial charge in [0.05, 0.1) is 16.2 Å². The van der Waals surface area contributed by atoms with Crippen molar-refractivity contribution in [2.24, 2.45) is 17.6 Å². The van der Waals surface area contributed by atoms with E-state index in [1.54, 1.807) is 12.3 Å². The van der Waals surface area contributed by atoms with Crippen molar-refractivity contribution in [3.63, 3.8) is 0 Å². The van der Waals surface area contributed by atoms with Crippen molar-refractivity contribution >= 4 is 34.8 Å². The number of hydrogen-bond donors (Lipinski definition) is 2. The van der Waals surface area contributed by atoms with Crippen molar-refractivity contribution in [1.82, 2.24) is 9.97 Å². The van der Waals surface area contributed by atoms with Gasteiger partial charge in [-0.1, -0.05) is 35.3 Å². The number of aromatic nitrogens is 2. The van der Waals surface area contributed by atoms with Crippen LogP contribution in [0.2, 0.25) is 10.0 Å². The summed E-state index contributed by atoms with van der Waals surface area (Å²) in [4.78, 5) is 11.4. The van der Waals surface area contributed by atoms with Gasteiger partial charge in [0.1, 0.15) is 11.5 Å². The van der Waals surface area contributed by atoms with E-state index in [4.69, 9.17) is 34.7 Å². The molecule has 4 N–H and O–H groups in total. The predicted molar refractivity (Wildman–Crippen MR) is 103 cm³/mol. The van der Waals surface area contributed by atoms with E-state index < -0.39 is 0 Å². The Morgan fingerprint density at radius 3 is 2.52 bits per heavy atom. The summed E-state index contributed by atoms with van der Waals surface area (Å²) in [5.74, 6) is 2.43. The molecule has 7 heteroatoms. The number of anilines is 2. The number of halogens is 2. The summed E-state index contributed by atoms with van der Waals surface area (Å²) in [5.41, 5.74) is 13.7. The molecule has 2 fully saturated rings. The normalized spacial score (nSPS) is 28.4. The molecule has 1 saturated carbocycles. The summed E-state index contributed by atoms with van der Waals surface area (Å²) in [5, 5.41) is 0.914. The average molecular weight is 378 g/mol. The third-order valence-corrected chi connectivity index (χ3v) is 6.17. The van der Waals surface area contributed by atoms with Gasteiger partial charge in [0.2, 0.25) is 0 Å². The number of nitrogens with two attached hydrogens (primary N) is 2. The first kappa shape index (κ1) is 16.9. The van der Waals surface area contributed by atoms with Crippen LogP contribution in [0.3, 0.4) is 0 Å². The van der Waals surface area contributed by atoms with Crippen LogP contribution in [0.15, 0.2) is 24.4 Å². The topological polar surface area (TPSA) is 81.1 Å². The monoisotopic (exact) mass is 377 g/mol. The number of benzene rings is 1. The van der Waals surface area contributed by atoms with Gasteiger partial charge in [-0.2, -0.15) is 0 Å². The van der Waals surface area contributed by atoms with Gasteiger partial charge in [-0.05, 0) is 37.7 Å². The molecule has 2 unspecified atom stereocenters. The van der Waals surface area contributed by atoms with Crippen molar-refractivity contribution in [3.05, 3.63) is 34.4 Å². The average Bonchev–Trinajstić information content (AvgIpc) is 3.04. The van der Waals surface area contributed by atoms with Crippen LogP contribution in [0.5, 0.6) is 0 Å². The molecule has 2 aliphatic rings. The maximum absolute atomic E-state index is 6.30. The molecular weight excluding hydrogens is 357 g/mol. The van der Waals surface area contributed by atoms with Crippen molar-refractivity contribution < 1.29 is 0 Å². The van der Waals surface area contributed by atoms with E-state index in [0.29, 0.717) is 39.0 Å². The number of rotatable bonds is 2. The largest absolute Gasteiger partial charge is 0.382 e. The molecule has 25 heavy (non-hydrogen) atoms. The predicted octanol–water partition coefficient (Wildman–Crippen LogP) is 3.60. The number of hydrogen-bond acceptors (Lipinski definition) is 5. The smallest absolute Gasteiger partial charge is 0.152 e. The highest BCUT2D eigenvalue weighted by Crippen LogP contribution is 2.43. The molecule has 4 rings (SSSR count). The lowest BCUT2D eigenvalue weighted by molar-refractivity contribution is 0.449. The molecule has 0 radical (unpaired) electrons. The Kier molecular flexibility index (Phi) is 4.06. The Balaban J connectivity index is 1.58. The van der Waals surface area contributed by atoms with E-state index in [1.807, 2.05) is 12.1 Å². The lowest BCUT2D eigenvalue weighted by atomic mass is 10.00. The van der Waals surface area contributed by atoms with Gasteiger partial charge in [-0.3, -0.25) is 0 Å². The Morgan fingerprint density at radius 2 is 1.88 bits per heavy atom. The first-order valence-electron chi connectivity index (χ1n) is 8.45. The molecule has 1 aliphatic carbocycles. The second-order valence-electron chi connectivity index (χ2n) is 7.55. The molecule has 2 aromatic rings. The fourth-order valence-corrected chi connectivity index (χ4v) is 4.70. The highest BCUT2D eigenvalue weighted by Gasteiger charge is 2.45. The van der Waals surface area contributed by atoms with E-state index in [-0.39, 0.29) is 5.54 Å². The zero-order chi connectivity index (χ0) is 17.8. The third kappa shape index (κ3) is 3.05. The van der Waals surface area contributed by atoms with Gasteiger partial charge < -0.3 is 16.4 Å². The molecule has 1 aromatic carbocycles. The summed E-state index contributed by atoms with van der Waals surface area (Å²) in [6.45, 7) is 4.07. The van der Waals surface area contributed by atoms with Crippen LogP contribution in [-0.2, 0) is 0 Å². The summed E-state index contributed by atoms with van der Waals surface area (Å²) in [6.07, 6.45) is 3.90. The second kappa shape index (κ2) is 6.01. The van der Waals surface area contributed by atoms with Crippen LogP contribution in [0.4, 0.5) is 11.6 Å². The molecule has 5 nitrogen and oxygen atoms in total. The third-order valence-electron chi connectivity index (χ3n) is 5.35. The van der Waals surface area contributed by atoms with Gasteiger partial charge in [0, 0.05) is 24.2 Å². The molecule has 1 saturated heterocycles. The summed E-state index contributed by atoms with van der Waals surface area (Å²) in [6, 6.07) is 5.40. The molecule has 0 spiro atoms. The molecule has 0 bridgehead atoms. The van der Waals surface area contributed by atoms with Gasteiger partial charge in [0.25, 0.3) is 0 Å². The lowest BCUT2D eigenvalue weighted by Gasteiger charge is -2.23. The van der Waals surface area contributed by atoms with Crippen LogP contribution in [0.1, 0.15) is 19.8 Å². The Bertz CT molecular complexity index is 807. The van der Waals surface area contributed by atoms with Gasteiger partial charge in [-0.25, -0.2) is 9.97 Å². The minimum Gasteiger partial charge on any atom is -0.382 e. The van der Waals surface area contributed by atoms with Crippen molar-refractivity contribution in [1.29, 1.82) is 0 Å². The van der Waals surface area contributed by atoms with Crippen molar-refractivity contribution in [2.75, 3.05) is 23.7 Å². The summed E-state index contributed by atoms with van der Waals surface area (Å²) < 4.78 is 0. The van der Waals surface area contributed by atoms with E-state index in [1.165, 1.54) is 0 Å². The van der Waals surface area contributed by atoms with E-state index in [9.17, 15) is 0 Å². The molecule has 2 heterocycles. The molecule has 0 amide bonds. The quantitative estimate of drug-likeness (QED) is 0.835. The molecule has 1 aromatic heterocycles. The van der Waals surface area contributed by atoms with E-state index >= 15 is 0 Å². The Labute approximate surface area is 157 Å². The van der Waals surface area contributed by atoms with Crippen molar-refractivity contribution in [2.45, 2.75) is 25.3 Å². The van der Waals surface area contributed by atoms with Gasteiger partial charge in [0.15, 0.2) is 5.82 Å². The first-order valence-corrected chi connectivity index (χ1v) is 9.20. The fraction of sp³-hybridized carbons (Fsp3) is 0.444. The molecular formula is C18H21Cl2N5. The Morgan fingerprint density at radius 1 is 1.20 bits per heavy atom. The molecule has 132 valence electrons. The van der Waals surface area contributed by atoms with Crippen LogP contribution >= 0.6 is 23.2 Å². The van der Waals surface area contributed by atoms with Gasteiger partial charge in [-0.15, -0.1) is 0 Å². The zero-order valence-electron chi connectivity index (χ0n) is 14.0. The highest BCUT2D eigenvalue weighted by atomic mass is 35.5. The van der Waals surface area contributed by atoms with Crippen molar-refractivity contribution in [3.8, 4) is 11.3 Å². The van der Waals surface area contributed by atoms with Crippen LogP contribution in [0.25, 0.3) is 11.3 Å². The van der Waals surface area contributed by atoms with Crippen LogP contribution in [-0.4, -0.2) is 28.6 Å². The second-order valence-corrected chi connectivity index (χ2v) is 8.34. The summed E-state index contributed by atoms with van der Waals surface area (Å²) in [7, 11) is 0. The Hall–Kier alpha value is -1.56.